The van der Waals surface area contributed by atoms with Crippen molar-refractivity contribution in [1.82, 2.24) is 4.98 Å². The Hall–Kier alpha value is -1.03. The Morgan fingerprint density at radius 1 is 1.22 bits per heavy atom. The standard InChI is InChI=1S/C14H17F3N2O3S/c1-20-22-23-21-12-6-10-3-4-11(7-12)19(10)13-5-2-9(8-18-13)14(15,16)17/h2,5,8,10-12H,3-4,6-7H2,1H3/t10-,11?,12?/m0/s1. The summed E-state index contributed by atoms with van der Waals surface area (Å²) in [6.45, 7) is 0. The van der Waals surface area contributed by atoms with Crippen LogP contribution >= 0.6 is 12.3 Å². The Kier molecular flexibility index (Phi) is 5.00. The lowest BCUT2D eigenvalue weighted by Crippen LogP contribution is -2.45. The number of alkyl halides is 3. The molecule has 2 bridgehead atoms. The van der Waals surface area contributed by atoms with Gasteiger partial charge >= 0.3 is 6.18 Å². The number of pyridine rings is 1. The van der Waals surface area contributed by atoms with Gasteiger partial charge in [0.05, 0.1) is 18.8 Å². The van der Waals surface area contributed by atoms with Crippen LogP contribution in [0, 0.1) is 0 Å². The first-order valence-electron chi connectivity index (χ1n) is 7.33. The zero-order chi connectivity index (χ0) is 16.4. The quantitative estimate of drug-likeness (QED) is 0.349. The van der Waals surface area contributed by atoms with E-state index in [1.54, 1.807) is 0 Å². The lowest BCUT2D eigenvalue weighted by atomic mass is 10.00. The minimum Gasteiger partial charge on any atom is -0.350 e. The molecule has 2 aliphatic rings. The van der Waals surface area contributed by atoms with Crippen LogP contribution in [0.4, 0.5) is 19.0 Å². The molecule has 0 saturated carbocycles. The van der Waals surface area contributed by atoms with E-state index in [0.29, 0.717) is 5.82 Å². The fraction of sp³-hybridized carbons (Fsp3) is 0.643. The Labute approximate surface area is 136 Å². The molecule has 0 aliphatic carbocycles. The highest BCUT2D eigenvalue weighted by Gasteiger charge is 2.42. The number of aromatic nitrogens is 1. The molecule has 3 heterocycles. The fourth-order valence-electron chi connectivity index (χ4n) is 3.39. The van der Waals surface area contributed by atoms with Gasteiger partial charge in [-0.3, -0.25) is 4.18 Å². The first-order chi connectivity index (χ1) is 11.0. The highest BCUT2D eigenvalue weighted by atomic mass is 32.2. The van der Waals surface area contributed by atoms with Crippen molar-refractivity contribution in [2.24, 2.45) is 0 Å². The Bertz CT molecular complexity index is 515. The minimum absolute atomic E-state index is 0.0401. The van der Waals surface area contributed by atoms with Gasteiger partial charge in [-0.1, -0.05) is 0 Å². The van der Waals surface area contributed by atoms with Crippen molar-refractivity contribution in [3.05, 3.63) is 23.9 Å². The smallest absolute Gasteiger partial charge is 0.350 e. The predicted octanol–water partition coefficient (Wildman–Crippen LogP) is 3.76. The molecule has 23 heavy (non-hydrogen) atoms. The maximum Gasteiger partial charge on any atom is 0.417 e. The van der Waals surface area contributed by atoms with E-state index in [1.807, 2.05) is 0 Å². The van der Waals surface area contributed by atoms with E-state index >= 15 is 0 Å². The van der Waals surface area contributed by atoms with E-state index in [2.05, 4.69) is 19.1 Å². The van der Waals surface area contributed by atoms with Crippen molar-refractivity contribution in [3.8, 4) is 0 Å². The van der Waals surface area contributed by atoms with Gasteiger partial charge in [-0.05, 0) is 37.8 Å². The van der Waals surface area contributed by atoms with Crippen molar-refractivity contribution in [1.29, 1.82) is 0 Å². The molecule has 0 amide bonds. The summed E-state index contributed by atoms with van der Waals surface area (Å²) in [6, 6.07) is 3.00. The van der Waals surface area contributed by atoms with E-state index < -0.39 is 11.7 Å². The highest BCUT2D eigenvalue weighted by molar-refractivity contribution is 7.89. The normalized spacial score (nSPS) is 27.5. The van der Waals surface area contributed by atoms with Crippen LogP contribution in [0.25, 0.3) is 0 Å². The number of hydrogen-bond acceptors (Lipinski definition) is 6. The fourth-order valence-corrected chi connectivity index (χ4v) is 3.74. The molecule has 1 aromatic rings. The van der Waals surface area contributed by atoms with Crippen molar-refractivity contribution in [2.45, 2.75) is 50.0 Å². The first-order valence-corrected chi connectivity index (χ1v) is 8.00. The number of anilines is 1. The van der Waals surface area contributed by atoms with Gasteiger partial charge in [0.2, 0.25) is 0 Å². The van der Waals surface area contributed by atoms with Crippen LogP contribution in [0.15, 0.2) is 18.3 Å². The van der Waals surface area contributed by atoms with Crippen LogP contribution in [0.3, 0.4) is 0 Å². The molecule has 2 aliphatic heterocycles. The van der Waals surface area contributed by atoms with Crippen LogP contribution in [0.1, 0.15) is 31.2 Å². The first kappa shape index (κ1) is 16.8. The van der Waals surface area contributed by atoms with Gasteiger partial charge in [0.15, 0.2) is 12.3 Å². The molecule has 1 aromatic heterocycles. The van der Waals surface area contributed by atoms with Crippen LogP contribution in [0.2, 0.25) is 0 Å². The summed E-state index contributed by atoms with van der Waals surface area (Å²) in [7, 11) is 1.40. The predicted molar refractivity (Wildman–Crippen MR) is 78.3 cm³/mol. The molecule has 2 unspecified atom stereocenters. The van der Waals surface area contributed by atoms with Crippen molar-refractivity contribution in [2.75, 3.05) is 12.0 Å². The zero-order valence-electron chi connectivity index (χ0n) is 12.5. The van der Waals surface area contributed by atoms with Gasteiger partial charge in [-0.25, -0.2) is 9.87 Å². The van der Waals surface area contributed by atoms with Gasteiger partial charge in [0, 0.05) is 18.3 Å². The van der Waals surface area contributed by atoms with E-state index in [9.17, 15) is 13.2 Å². The van der Waals surface area contributed by atoms with Gasteiger partial charge in [-0.2, -0.15) is 13.2 Å². The number of hydrogen-bond donors (Lipinski definition) is 0. The summed E-state index contributed by atoms with van der Waals surface area (Å²) in [5, 5.41) is 0. The number of piperidine rings is 1. The maximum atomic E-state index is 12.6. The molecule has 0 aromatic carbocycles. The molecular formula is C14H17F3N2O3S. The van der Waals surface area contributed by atoms with Gasteiger partial charge in [0.25, 0.3) is 0 Å². The summed E-state index contributed by atoms with van der Waals surface area (Å²) in [6.07, 6.45) is 0.145. The summed E-state index contributed by atoms with van der Waals surface area (Å²) < 4.78 is 48.1. The molecule has 2 saturated heterocycles. The topological polar surface area (TPSA) is 43.8 Å². The lowest BCUT2D eigenvalue weighted by Gasteiger charge is -2.39. The summed E-state index contributed by atoms with van der Waals surface area (Å²) >= 11 is 0.812. The average Bonchev–Trinajstić information content (AvgIpc) is 2.78. The number of rotatable bonds is 5. The van der Waals surface area contributed by atoms with Gasteiger partial charge in [0.1, 0.15) is 5.82 Å². The average molecular weight is 350 g/mol. The van der Waals surface area contributed by atoms with E-state index in [4.69, 9.17) is 4.18 Å². The summed E-state index contributed by atoms with van der Waals surface area (Å²) in [5.74, 6) is 0.602. The van der Waals surface area contributed by atoms with Crippen LogP contribution in [-0.2, 0) is 19.6 Å². The number of fused-ring (bicyclic) bond motifs is 2. The van der Waals surface area contributed by atoms with Crippen LogP contribution in [0.5, 0.6) is 0 Å². The molecule has 9 heteroatoms. The Balaban J connectivity index is 1.66. The van der Waals surface area contributed by atoms with Crippen molar-refractivity contribution in [3.63, 3.8) is 0 Å². The maximum absolute atomic E-state index is 12.6. The molecule has 0 N–H and O–H groups in total. The highest BCUT2D eigenvalue weighted by Crippen LogP contribution is 2.41. The molecule has 128 valence electrons. The van der Waals surface area contributed by atoms with Gasteiger partial charge < -0.3 is 4.90 Å². The van der Waals surface area contributed by atoms with E-state index in [-0.39, 0.29) is 18.2 Å². The second-order valence-corrected chi connectivity index (χ2v) is 6.15. The largest absolute Gasteiger partial charge is 0.417 e. The van der Waals surface area contributed by atoms with Crippen molar-refractivity contribution >= 4 is 18.1 Å². The zero-order valence-corrected chi connectivity index (χ0v) is 13.3. The monoisotopic (exact) mass is 350 g/mol. The van der Waals surface area contributed by atoms with E-state index in [1.165, 1.54) is 13.2 Å². The third-order valence-corrected chi connectivity index (χ3v) is 4.84. The second-order valence-electron chi connectivity index (χ2n) is 5.69. The number of nitrogens with zero attached hydrogens (tertiary/aromatic N) is 2. The SMILES string of the molecule is COOSOC1CC2CC[C@@H](C1)N2c1ccc(C(F)(F)F)cn1. The number of halogens is 3. The lowest BCUT2D eigenvalue weighted by molar-refractivity contribution is -0.168. The molecule has 0 spiro atoms. The van der Waals surface area contributed by atoms with Crippen LogP contribution < -0.4 is 4.90 Å². The van der Waals surface area contributed by atoms with Crippen molar-refractivity contribution < 1.29 is 26.6 Å². The molecule has 0 radical (unpaired) electrons. The summed E-state index contributed by atoms with van der Waals surface area (Å²) in [4.78, 5) is 10.6. The molecule has 5 nitrogen and oxygen atoms in total. The molecular weight excluding hydrogens is 333 g/mol. The second kappa shape index (κ2) is 6.84. The minimum atomic E-state index is -4.36. The molecule has 3 rings (SSSR count). The Morgan fingerprint density at radius 3 is 2.43 bits per heavy atom. The Morgan fingerprint density at radius 2 is 1.91 bits per heavy atom. The molecule has 3 atom stereocenters. The molecule has 2 fully saturated rings. The van der Waals surface area contributed by atoms with Gasteiger partial charge in [-0.15, -0.1) is 4.33 Å². The third-order valence-electron chi connectivity index (χ3n) is 4.30. The van der Waals surface area contributed by atoms with Crippen LogP contribution in [-0.4, -0.2) is 30.3 Å². The third kappa shape index (κ3) is 3.73. The van der Waals surface area contributed by atoms with E-state index in [0.717, 1.165) is 50.3 Å². The summed E-state index contributed by atoms with van der Waals surface area (Å²) in [5.41, 5.74) is -0.722.